The van der Waals surface area contributed by atoms with Crippen molar-refractivity contribution in [3.05, 3.63) is 69.6 Å². The predicted molar refractivity (Wildman–Crippen MR) is 128 cm³/mol. The van der Waals surface area contributed by atoms with Crippen LogP contribution in [0.1, 0.15) is 30.1 Å². The predicted octanol–water partition coefficient (Wildman–Crippen LogP) is 5.56. The molecule has 0 amide bonds. The summed E-state index contributed by atoms with van der Waals surface area (Å²) in [6.45, 7) is 0.176. The first kappa shape index (κ1) is 20.3. The number of halogens is 1. The fourth-order valence-corrected chi connectivity index (χ4v) is 5.65. The van der Waals surface area contributed by atoms with Gasteiger partial charge in [-0.15, -0.1) is 11.3 Å². The number of phenols is 1. The molecule has 5 aromatic rings. The molecule has 0 spiro atoms. The van der Waals surface area contributed by atoms with E-state index < -0.39 is 0 Å². The van der Waals surface area contributed by atoms with Crippen LogP contribution in [0.5, 0.6) is 11.5 Å². The Balaban J connectivity index is 1.70. The number of methoxy groups -OCH3 is 1. The van der Waals surface area contributed by atoms with Gasteiger partial charge in [-0.3, -0.25) is 9.36 Å². The number of phenolic OH excluding ortho intramolecular Hbond substituents is 1. The molecule has 33 heavy (non-hydrogen) atoms. The normalized spacial score (nSPS) is 13.8. The van der Waals surface area contributed by atoms with Crippen LogP contribution in [0.2, 0.25) is 5.02 Å². The number of aromatic hydroxyl groups is 1. The Morgan fingerprint density at radius 1 is 1.30 bits per heavy atom. The number of hydrogen-bond donors (Lipinski definition) is 1. The van der Waals surface area contributed by atoms with Gasteiger partial charge < -0.3 is 14.3 Å². The molecule has 1 aliphatic rings. The van der Waals surface area contributed by atoms with Gasteiger partial charge in [-0.2, -0.15) is 0 Å². The quantitative estimate of drug-likeness (QED) is 0.355. The number of fused-ring (bicyclic) bond motifs is 3. The molecule has 1 aliphatic carbocycles. The second-order valence-electron chi connectivity index (χ2n) is 8.05. The Kier molecular flexibility index (Phi) is 4.67. The first-order valence-electron chi connectivity index (χ1n) is 10.5. The van der Waals surface area contributed by atoms with E-state index >= 15 is 0 Å². The number of nitrogens with zero attached hydrogens (tertiary/aromatic N) is 3. The van der Waals surface area contributed by atoms with E-state index in [1.165, 1.54) is 17.7 Å². The van der Waals surface area contributed by atoms with Crippen LogP contribution in [-0.4, -0.2) is 26.8 Å². The maximum Gasteiger partial charge on any atom is 0.263 e. The fourth-order valence-electron chi connectivity index (χ4n) is 4.32. The third-order valence-corrected chi connectivity index (χ3v) is 7.41. The Labute approximate surface area is 196 Å². The number of aromatic nitrogens is 3. The lowest BCUT2D eigenvalue weighted by Gasteiger charge is -2.17. The molecule has 1 fully saturated rings. The second-order valence-corrected chi connectivity index (χ2v) is 9.45. The molecule has 2 aromatic carbocycles. The topological polar surface area (TPSA) is 90.4 Å². The molecule has 0 aliphatic heterocycles. The summed E-state index contributed by atoms with van der Waals surface area (Å²) in [6.07, 6.45) is 5.06. The lowest BCUT2D eigenvalue weighted by Crippen LogP contribution is -2.24. The SMILES string of the molecule is COc1cccc(-c2nc3sc4c(O)c(Cl)ccc4c3c(=O)n2Cc2cnco2)c1C1CC1. The fraction of sp³-hybridized carbons (Fsp3) is 0.208. The lowest BCUT2D eigenvalue weighted by atomic mass is 10.0. The van der Waals surface area contributed by atoms with Crippen LogP contribution in [0.25, 0.3) is 31.7 Å². The summed E-state index contributed by atoms with van der Waals surface area (Å²) in [6, 6.07) is 9.16. The minimum atomic E-state index is -0.219. The Morgan fingerprint density at radius 3 is 2.88 bits per heavy atom. The molecule has 6 rings (SSSR count). The van der Waals surface area contributed by atoms with Crippen LogP contribution in [0, 0.1) is 0 Å². The Hall–Kier alpha value is -3.36. The standard InChI is InChI=1S/C24H18ClN3O4S/c1-31-17-4-2-3-15(18(17)12-5-6-12)22-27-23-19(14-7-8-16(25)20(29)21(14)33-23)24(30)28(22)10-13-9-26-11-32-13/h2-4,7-9,11-12,29H,5-6,10H2,1H3. The number of ether oxygens (including phenoxy) is 1. The van der Waals surface area contributed by atoms with Crippen molar-refractivity contribution in [2.45, 2.75) is 25.3 Å². The van der Waals surface area contributed by atoms with Crippen molar-refractivity contribution < 1.29 is 14.3 Å². The van der Waals surface area contributed by atoms with Crippen LogP contribution in [0.4, 0.5) is 0 Å². The molecular weight excluding hydrogens is 462 g/mol. The number of oxazole rings is 1. The molecule has 3 heterocycles. The van der Waals surface area contributed by atoms with Gasteiger partial charge in [0, 0.05) is 16.5 Å². The third kappa shape index (κ3) is 3.20. The van der Waals surface area contributed by atoms with Crippen molar-refractivity contribution in [3.8, 4) is 22.9 Å². The number of thiophene rings is 1. The molecule has 7 nitrogen and oxygen atoms in total. The number of hydrogen-bond acceptors (Lipinski definition) is 7. The molecule has 0 atom stereocenters. The minimum absolute atomic E-state index is 0.0417. The van der Waals surface area contributed by atoms with Crippen molar-refractivity contribution in [2.75, 3.05) is 7.11 Å². The summed E-state index contributed by atoms with van der Waals surface area (Å²) in [5, 5.41) is 11.8. The maximum absolute atomic E-state index is 13.9. The molecule has 1 N–H and O–H groups in total. The van der Waals surface area contributed by atoms with Crippen molar-refractivity contribution >= 4 is 43.2 Å². The molecule has 9 heteroatoms. The van der Waals surface area contributed by atoms with Crippen LogP contribution < -0.4 is 10.3 Å². The van der Waals surface area contributed by atoms with Gasteiger partial charge in [0.15, 0.2) is 12.1 Å². The van der Waals surface area contributed by atoms with Gasteiger partial charge in [-0.05, 0) is 30.9 Å². The van der Waals surface area contributed by atoms with Gasteiger partial charge in [0.25, 0.3) is 5.56 Å². The first-order valence-corrected chi connectivity index (χ1v) is 11.7. The molecule has 3 aromatic heterocycles. The number of rotatable bonds is 5. The van der Waals surface area contributed by atoms with Gasteiger partial charge >= 0.3 is 0 Å². The van der Waals surface area contributed by atoms with E-state index in [2.05, 4.69) is 4.98 Å². The molecule has 166 valence electrons. The molecule has 0 unspecified atom stereocenters. The van der Waals surface area contributed by atoms with E-state index in [1.54, 1.807) is 30.0 Å². The van der Waals surface area contributed by atoms with Crippen molar-refractivity contribution in [2.24, 2.45) is 0 Å². The molecular formula is C24H18ClN3O4S. The van der Waals surface area contributed by atoms with E-state index in [1.807, 2.05) is 18.2 Å². The average molecular weight is 480 g/mol. The zero-order chi connectivity index (χ0) is 22.7. The highest BCUT2D eigenvalue weighted by Gasteiger charge is 2.31. The van der Waals surface area contributed by atoms with Gasteiger partial charge in [0.2, 0.25) is 0 Å². The van der Waals surface area contributed by atoms with Crippen LogP contribution in [-0.2, 0) is 6.54 Å². The molecule has 0 saturated heterocycles. The van der Waals surface area contributed by atoms with Crippen LogP contribution in [0.15, 0.2) is 52.1 Å². The highest BCUT2D eigenvalue weighted by molar-refractivity contribution is 7.25. The zero-order valence-corrected chi connectivity index (χ0v) is 19.1. The lowest BCUT2D eigenvalue weighted by molar-refractivity contribution is 0.410. The molecule has 0 radical (unpaired) electrons. The van der Waals surface area contributed by atoms with E-state index in [0.29, 0.717) is 37.8 Å². The highest BCUT2D eigenvalue weighted by atomic mass is 35.5. The van der Waals surface area contributed by atoms with Gasteiger partial charge in [0.1, 0.15) is 22.2 Å². The summed E-state index contributed by atoms with van der Waals surface area (Å²) in [4.78, 5) is 23.4. The van der Waals surface area contributed by atoms with E-state index in [0.717, 1.165) is 29.7 Å². The first-order chi connectivity index (χ1) is 16.1. The maximum atomic E-state index is 13.9. The Morgan fingerprint density at radius 2 is 2.15 bits per heavy atom. The average Bonchev–Trinajstić information content (AvgIpc) is 3.39. The van der Waals surface area contributed by atoms with Crippen LogP contribution >= 0.6 is 22.9 Å². The summed E-state index contributed by atoms with van der Waals surface area (Å²) in [7, 11) is 1.65. The minimum Gasteiger partial charge on any atom is -0.505 e. The van der Waals surface area contributed by atoms with E-state index in [-0.39, 0.29) is 22.9 Å². The summed E-state index contributed by atoms with van der Waals surface area (Å²) in [5.74, 6) is 2.19. The monoisotopic (exact) mass is 479 g/mol. The van der Waals surface area contributed by atoms with Crippen molar-refractivity contribution in [1.29, 1.82) is 0 Å². The van der Waals surface area contributed by atoms with Crippen molar-refractivity contribution in [1.82, 2.24) is 14.5 Å². The van der Waals surface area contributed by atoms with E-state index in [4.69, 9.17) is 25.7 Å². The largest absolute Gasteiger partial charge is 0.505 e. The molecule has 0 bridgehead atoms. The highest BCUT2D eigenvalue weighted by Crippen LogP contribution is 2.49. The van der Waals surface area contributed by atoms with Crippen molar-refractivity contribution in [3.63, 3.8) is 0 Å². The van der Waals surface area contributed by atoms with E-state index in [9.17, 15) is 9.90 Å². The molecule has 1 saturated carbocycles. The Bertz CT molecular complexity index is 1590. The van der Waals surface area contributed by atoms with Gasteiger partial charge in [0.05, 0.1) is 35.0 Å². The van der Waals surface area contributed by atoms with Crippen LogP contribution in [0.3, 0.4) is 0 Å². The smallest absolute Gasteiger partial charge is 0.263 e. The summed E-state index contributed by atoms with van der Waals surface area (Å²) < 4.78 is 13.3. The second kappa shape index (κ2) is 7.60. The summed E-state index contributed by atoms with van der Waals surface area (Å²) >= 11 is 7.38. The summed E-state index contributed by atoms with van der Waals surface area (Å²) in [5.41, 5.74) is 1.70. The zero-order valence-electron chi connectivity index (χ0n) is 17.5. The van der Waals surface area contributed by atoms with Gasteiger partial charge in [-0.1, -0.05) is 29.8 Å². The third-order valence-electron chi connectivity index (χ3n) is 6.00. The number of benzene rings is 2. The van der Waals surface area contributed by atoms with Gasteiger partial charge in [-0.25, -0.2) is 9.97 Å².